The average molecular weight is 1040 g/mol. The van der Waals surface area contributed by atoms with Gasteiger partial charge in [-0.2, -0.15) is 4.31 Å². The van der Waals surface area contributed by atoms with Gasteiger partial charge in [0.25, 0.3) is 0 Å². The number of ether oxygens (including phenoxy) is 1. The molecular weight excluding hydrogens is 970 g/mol. The fraction of sp³-hybridized carbons (Fsp3) is 0.789. The van der Waals surface area contributed by atoms with Crippen LogP contribution >= 0.6 is 35.2 Å². The number of anilines is 1. The predicted molar refractivity (Wildman–Crippen MR) is 242 cm³/mol. The number of aliphatic hydroxyl groups is 2. The Hall–Kier alpha value is -2.51. The second kappa shape index (κ2) is 27.8. The summed E-state index contributed by atoms with van der Waals surface area (Å²) >= 11 is 0.926. The van der Waals surface area contributed by atoms with Crippen molar-refractivity contribution >= 4 is 69.1 Å². The van der Waals surface area contributed by atoms with Crippen molar-refractivity contribution in [2.75, 3.05) is 37.8 Å². The second-order valence-electron chi connectivity index (χ2n) is 16.9. The van der Waals surface area contributed by atoms with Crippen LogP contribution in [0.4, 0.5) is 10.2 Å². The zero-order chi connectivity index (χ0) is 50.0. The molecule has 2 amide bonds. The minimum absolute atomic E-state index is 0.0251. The summed E-state index contributed by atoms with van der Waals surface area (Å²) in [5, 5.41) is 26.2. The van der Waals surface area contributed by atoms with Crippen LogP contribution in [0.1, 0.15) is 117 Å². The molecule has 0 spiro atoms. The van der Waals surface area contributed by atoms with Crippen LogP contribution in [0, 0.1) is 11.3 Å². The highest BCUT2D eigenvalue weighted by Gasteiger charge is 2.50. The number of imidazole rings is 1. The number of nitrogen functional groups attached to an aromatic ring is 1. The van der Waals surface area contributed by atoms with Gasteiger partial charge in [0.05, 0.1) is 25.5 Å². The highest BCUT2D eigenvalue weighted by Crippen LogP contribution is 2.61. The molecule has 10 N–H and O–H groups in total. The number of carbonyl (C=O) groups is 3. The summed E-state index contributed by atoms with van der Waals surface area (Å²) in [7, 11) is -16.5. The lowest BCUT2D eigenvalue weighted by molar-refractivity contribution is -0.137. The highest BCUT2D eigenvalue weighted by atomic mass is 32.2. The van der Waals surface area contributed by atoms with Gasteiger partial charge in [-0.15, -0.1) is 0 Å². The number of aliphatic hydroxyl groups excluding tert-OH is 2. The second-order valence-corrected chi connectivity index (χ2v) is 22.2. The molecule has 1 saturated heterocycles. The molecule has 0 radical (unpaired) electrons. The maximum atomic E-state index is 14.7. The third-order valence-electron chi connectivity index (χ3n) is 10.7. The SMILES string of the molecule is CCCCCCCCCCCCC[C@@H](F)[C@H](C)C(=O)SCCNC(=O)CCNC(=O)C(O)C(C)(C)COP(=O)(O)OP(=O)(O)OC[C@H]1O[C@@H](n2cnc3c(N)ncnc32)[C@H](O)[C@@H]1OP(=O)(O)O. The number of thioether (sulfide) groups is 1. The van der Waals surface area contributed by atoms with Gasteiger partial charge >= 0.3 is 23.5 Å². The Morgan fingerprint density at radius 3 is 2.18 bits per heavy atom. The van der Waals surface area contributed by atoms with Crippen molar-refractivity contribution in [3.05, 3.63) is 12.7 Å². The summed E-state index contributed by atoms with van der Waals surface area (Å²) in [5.41, 5.74) is 4.24. The summed E-state index contributed by atoms with van der Waals surface area (Å²) in [6.07, 6.45) is 4.71. The molecule has 2 aromatic heterocycles. The van der Waals surface area contributed by atoms with E-state index in [-0.39, 0.29) is 47.4 Å². The number of nitrogens with one attached hydrogen (secondary N) is 2. The Bertz CT molecular complexity index is 2040. The molecule has 0 aromatic carbocycles. The normalized spacial score (nSPS) is 21.1. The van der Waals surface area contributed by atoms with Crippen molar-refractivity contribution in [3.63, 3.8) is 0 Å². The van der Waals surface area contributed by atoms with Crippen LogP contribution < -0.4 is 16.4 Å². The van der Waals surface area contributed by atoms with Gasteiger partial charge in [0, 0.05) is 30.7 Å². The molecule has 0 saturated carbocycles. The van der Waals surface area contributed by atoms with E-state index in [9.17, 15) is 62.3 Å². The van der Waals surface area contributed by atoms with E-state index in [1.807, 2.05) is 0 Å². The van der Waals surface area contributed by atoms with Gasteiger partial charge in [0.1, 0.15) is 42.4 Å². The summed E-state index contributed by atoms with van der Waals surface area (Å²) in [5.74, 6) is -2.10. The van der Waals surface area contributed by atoms with E-state index in [1.165, 1.54) is 58.8 Å². The van der Waals surface area contributed by atoms with Crippen LogP contribution in [0.15, 0.2) is 12.7 Å². The molecular formula is C38H67FN7O17P3S. The van der Waals surface area contributed by atoms with Crippen LogP contribution in [0.3, 0.4) is 0 Å². The number of unbranched alkanes of at least 4 members (excludes halogenated alkanes) is 10. The molecule has 0 aliphatic carbocycles. The molecule has 3 heterocycles. The number of hydrogen-bond donors (Lipinski definition) is 9. The molecule has 29 heteroatoms. The minimum atomic E-state index is -5.59. The van der Waals surface area contributed by atoms with Gasteiger partial charge < -0.3 is 50.9 Å². The summed E-state index contributed by atoms with van der Waals surface area (Å²) < 4.78 is 77.1. The lowest BCUT2D eigenvalue weighted by Crippen LogP contribution is -2.46. The third-order valence-corrected chi connectivity index (χ3v) is 14.9. The number of aromatic nitrogens is 4. The number of amides is 2. The molecule has 384 valence electrons. The van der Waals surface area contributed by atoms with Crippen molar-refractivity contribution in [2.24, 2.45) is 11.3 Å². The molecule has 2 aromatic rings. The predicted octanol–water partition coefficient (Wildman–Crippen LogP) is 4.34. The Morgan fingerprint density at radius 2 is 1.55 bits per heavy atom. The van der Waals surface area contributed by atoms with Gasteiger partial charge in [0.2, 0.25) is 11.8 Å². The van der Waals surface area contributed by atoms with E-state index in [4.69, 9.17) is 19.5 Å². The fourth-order valence-electron chi connectivity index (χ4n) is 6.81. The van der Waals surface area contributed by atoms with Crippen LogP contribution in [0.5, 0.6) is 0 Å². The number of alkyl halides is 1. The first-order valence-corrected chi connectivity index (χ1v) is 27.6. The number of carbonyl (C=O) groups excluding carboxylic acids is 3. The van der Waals surface area contributed by atoms with Gasteiger partial charge in [0.15, 0.2) is 22.8 Å². The summed E-state index contributed by atoms with van der Waals surface area (Å²) in [6.45, 7) is 4.07. The van der Waals surface area contributed by atoms with E-state index in [1.54, 1.807) is 6.92 Å². The number of hydrogen-bond acceptors (Lipinski definition) is 18. The van der Waals surface area contributed by atoms with E-state index in [2.05, 4.69) is 41.3 Å². The molecule has 3 rings (SSSR count). The van der Waals surface area contributed by atoms with Crippen molar-refractivity contribution in [2.45, 2.75) is 148 Å². The van der Waals surface area contributed by atoms with Gasteiger partial charge in [-0.05, 0) is 6.42 Å². The first-order valence-electron chi connectivity index (χ1n) is 22.1. The van der Waals surface area contributed by atoms with Crippen LogP contribution in [-0.2, 0) is 50.7 Å². The van der Waals surface area contributed by atoms with Crippen molar-refractivity contribution < 1.29 is 84.9 Å². The Labute approximate surface area is 392 Å². The summed E-state index contributed by atoms with van der Waals surface area (Å²) in [4.78, 5) is 88.7. The molecule has 24 nitrogen and oxygen atoms in total. The first kappa shape index (κ1) is 58.8. The van der Waals surface area contributed by atoms with E-state index in [0.29, 0.717) is 6.42 Å². The lowest BCUT2D eigenvalue weighted by Gasteiger charge is -2.30. The van der Waals surface area contributed by atoms with Crippen LogP contribution in [0.2, 0.25) is 0 Å². The number of fused-ring (bicyclic) bond motifs is 1. The number of rotatable bonds is 33. The van der Waals surface area contributed by atoms with Crippen molar-refractivity contribution in [1.82, 2.24) is 30.2 Å². The molecule has 1 aliphatic rings. The molecule has 9 atom stereocenters. The Balaban J connectivity index is 1.35. The standard InChI is InChI=1S/C38H67FN7O17P3S/c1-5-6-7-8-9-10-11-12-13-14-15-16-26(39)25(2)37(51)67-20-19-41-28(47)17-18-42-35(50)32(49)38(3,4)22-60-66(57,58)63-65(55,56)59-21-27-31(62-64(52,53)54)30(48)36(61-27)46-24-45-29-33(40)43-23-44-34(29)46/h23-27,30-32,36,48-49H,5-22H2,1-4H3,(H,41,47)(H,42,50)(H,55,56)(H,57,58)(H2,40,43,44)(H2,52,53,54)/t25-,26+,27+,30+,31+,32?,36+/m0/s1. The zero-order valence-corrected chi connectivity index (χ0v) is 41.6. The summed E-state index contributed by atoms with van der Waals surface area (Å²) in [6, 6.07) is 0. The van der Waals surface area contributed by atoms with Gasteiger partial charge in [-0.25, -0.2) is 33.0 Å². The molecule has 1 fully saturated rings. The number of nitrogens with two attached hydrogens (primary N) is 1. The largest absolute Gasteiger partial charge is 0.481 e. The Kier molecular flexibility index (Phi) is 24.4. The topological polar surface area (TPSA) is 364 Å². The lowest BCUT2D eigenvalue weighted by atomic mass is 9.87. The molecule has 1 aliphatic heterocycles. The van der Waals surface area contributed by atoms with Crippen molar-refractivity contribution in [3.8, 4) is 0 Å². The number of phosphoric ester groups is 3. The highest BCUT2D eigenvalue weighted by molar-refractivity contribution is 8.13. The third kappa shape index (κ3) is 20.4. The maximum absolute atomic E-state index is 14.7. The van der Waals surface area contributed by atoms with Crippen LogP contribution in [0.25, 0.3) is 11.2 Å². The fourth-order valence-corrected chi connectivity index (χ4v) is 10.5. The number of nitrogens with zero attached hydrogens (tertiary/aromatic N) is 4. The first-order chi connectivity index (χ1) is 31.4. The van der Waals surface area contributed by atoms with Gasteiger partial charge in [-0.3, -0.25) is 32.5 Å². The number of phosphoric acid groups is 3. The minimum Gasteiger partial charge on any atom is -0.386 e. The maximum Gasteiger partial charge on any atom is 0.481 e. The molecule has 0 bridgehead atoms. The quantitative estimate of drug-likeness (QED) is 0.0354. The van der Waals surface area contributed by atoms with Crippen LogP contribution in [-0.4, -0.2) is 129 Å². The monoisotopic (exact) mass is 1040 g/mol. The van der Waals surface area contributed by atoms with Crippen molar-refractivity contribution in [1.29, 1.82) is 0 Å². The number of halogens is 1. The van der Waals surface area contributed by atoms with E-state index in [0.717, 1.165) is 54.7 Å². The van der Waals surface area contributed by atoms with Gasteiger partial charge in [-0.1, -0.05) is 110 Å². The Morgan fingerprint density at radius 1 is 0.940 bits per heavy atom. The van der Waals surface area contributed by atoms with E-state index < -0.39 is 96.6 Å². The molecule has 67 heavy (non-hydrogen) atoms. The zero-order valence-electron chi connectivity index (χ0n) is 38.1. The van der Waals surface area contributed by atoms with E-state index >= 15 is 0 Å². The smallest absolute Gasteiger partial charge is 0.386 e. The molecule has 3 unspecified atom stereocenters. The average Bonchev–Trinajstić information content (AvgIpc) is 3.81.